The number of halogens is 3. The number of hydrogen-bond donors (Lipinski definition) is 0. The predicted octanol–water partition coefficient (Wildman–Crippen LogP) is 2.18. The summed E-state index contributed by atoms with van der Waals surface area (Å²) in [6.45, 7) is 0. The zero-order valence-corrected chi connectivity index (χ0v) is 8.61. The molecule has 17 heavy (non-hydrogen) atoms. The molecule has 0 saturated heterocycles. The van der Waals surface area contributed by atoms with Gasteiger partial charge < -0.3 is 10.1 Å². The fraction of sp³-hybridized carbons (Fsp3) is 0.125. The lowest BCUT2D eigenvalue weighted by atomic mass is 10.1. The molecule has 1 heterocycles. The van der Waals surface area contributed by atoms with Crippen LogP contribution in [0.1, 0.15) is 27.9 Å². The highest BCUT2D eigenvalue weighted by molar-refractivity contribution is 6.68. The summed E-state index contributed by atoms with van der Waals surface area (Å²) >= 11 is 5.04. The Morgan fingerprint density at radius 2 is 2.24 bits per heavy atom. The highest BCUT2D eigenvalue weighted by Gasteiger charge is 2.32. The average molecular weight is 262 g/mol. The third kappa shape index (κ3) is 2.34. The van der Waals surface area contributed by atoms with E-state index >= 15 is 0 Å². The summed E-state index contributed by atoms with van der Waals surface area (Å²) in [7, 11) is 0. The second-order valence-electron chi connectivity index (χ2n) is 2.73. The van der Waals surface area contributed by atoms with Crippen molar-refractivity contribution in [1.29, 1.82) is 5.26 Å². The van der Waals surface area contributed by atoms with Crippen LogP contribution in [0.25, 0.3) is 0 Å². The number of hydrogen-bond acceptors (Lipinski definition) is 5. The van der Waals surface area contributed by atoms with Crippen LogP contribution in [-0.4, -0.2) is 15.1 Å². The van der Waals surface area contributed by atoms with Crippen LogP contribution in [0.5, 0.6) is 0 Å². The summed E-state index contributed by atoms with van der Waals surface area (Å²) < 4.78 is 25.3. The Hall–Kier alpha value is -2.14. The van der Waals surface area contributed by atoms with Gasteiger partial charge in [-0.25, -0.2) is 8.78 Å². The molecule has 0 atom stereocenters. The first kappa shape index (κ1) is 12.9. The van der Waals surface area contributed by atoms with Gasteiger partial charge in [-0.3, -0.25) is 4.79 Å². The topological polar surface area (TPSA) is 96.9 Å². The Labute approximate surface area is 97.6 Å². The van der Waals surface area contributed by atoms with Gasteiger partial charge in [-0.15, -0.1) is 0 Å². The van der Waals surface area contributed by atoms with Crippen LogP contribution in [0, 0.1) is 21.4 Å². The Morgan fingerprint density at radius 3 is 2.59 bits per heavy atom. The third-order valence-corrected chi connectivity index (χ3v) is 1.99. The molecule has 0 aliphatic heterocycles. The van der Waals surface area contributed by atoms with Crippen LogP contribution in [0.2, 0.25) is 0 Å². The van der Waals surface area contributed by atoms with Crippen molar-refractivity contribution < 1.29 is 18.5 Å². The molecular formula is C8H2ClF2N3O3. The Morgan fingerprint density at radius 1 is 1.65 bits per heavy atom. The van der Waals surface area contributed by atoms with E-state index in [0.29, 0.717) is 6.20 Å². The van der Waals surface area contributed by atoms with Crippen molar-refractivity contribution >= 4 is 22.7 Å². The van der Waals surface area contributed by atoms with Crippen molar-refractivity contribution in [2.45, 2.75) is 6.43 Å². The van der Waals surface area contributed by atoms with Crippen LogP contribution in [0.3, 0.4) is 0 Å². The standard InChI is InChI=1S/C8H2ClF2N3O3/c9-6(15)4-3(1-12)2-13-8(14(16)17)5(4)7(10)11/h2,7H. The smallest absolute Gasteiger partial charge is 0.358 e. The van der Waals surface area contributed by atoms with Crippen LogP contribution in [-0.2, 0) is 0 Å². The number of carbonyl (C=O) groups excluding carboxylic acids is 1. The second-order valence-corrected chi connectivity index (χ2v) is 3.07. The molecule has 0 fully saturated rings. The number of aromatic nitrogens is 1. The first-order valence-electron chi connectivity index (χ1n) is 3.95. The van der Waals surface area contributed by atoms with Crippen LogP contribution < -0.4 is 0 Å². The van der Waals surface area contributed by atoms with Gasteiger partial charge in [-0.2, -0.15) is 5.26 Å². The fourth-order valence-corrected chi connectivity index (χ4v) is 1.37. The van der Waals surface area contributed by atoms with Gasteiger partial charge >= 0.3 is 5.82 Å². The molecular weight excluding hydrogens is 260 g/mol. The van der Waals surface area contributed by atoms with Gasteiger partial charge in [0.2, 0.25) is 0 Å². The van der Waals surface area contributed by atoms with E-state index in [0.717, 1.165) is 0 Å². The second kappa shape index (κ2) is 4.80. The molecule has 0 spiro atoms. The molecule has 0 N–H and O–H groups in total. The molecule has 0 aromatic carbocycles. The van der Waals surface area contributed by atoms with Crippen LogP contribution in [0.4, 0.5) is 14.6 Å². The Balaban J connectivity index is 3.73. The molecule has 0 aliphatic carbocycles. The number of rotatable bonds is 3. The zero-order chi connectivity index (χ0) is 13.2. The number of alkyl halides is 2. The molecule has 0 bridgehead atoms. The Bertz CT molecular complexity index is 542. The van der Waals surface area contributed by atoms with E-state index in [2.05, 4.69) is 4.98 Å². The molecule has 0 unspecified atom stereocenters. The largest absolute Gasteiger partial charge is 0.373 e. The maximum absolute atomic E-state index is 12.7. The molecule has 1 aromatic heterocycles. The number of nitriles is 1. The van der Waals surface area contributed by atoms with Crippen LogP contribution >= 0.6 is 11.6 Å². The summed E-state index contributed by atoms with van der Waals surface area (Å²) in [5, 5.41) is 17.7. The van der Waals surface area contributed by atoms with E-state index in [4.69, 9.17) is 16.9 Å². The summed E-state index contributed by atoms with van der Waals surface area (Å²) in [6.07, 6.45) is -2.69. The van der Waals surface area contributed by atoms with Gasteiger partial charge in [0.05, 0.1) is 5.56 Å². The maximum Gasteiger partial charge on any atom is 0.373 e. The number of nitro groups is 1. The van der Waals surface area contributed by atoms with Gasteiger partial charge in [0.25, 0.3) is 11.7 Å². The first-order chi connectivity index (χ1) is 7.90. The van der Waals surface area contributed by atoms with Gasteiger partial charge in [-0.1, -0.05) is 0 Å². The predicted molar refractivity (Wildman–Crippen MR) is 50.7 cm³/mol. The zero-order valence-electron chi connectivity index (χ0n) is 7.85. The van der Waals surface area contributed by atoms with E-state index in [9.17, 15) is 23.7 Å². The van der Waals surface area contributed by atoms with Gasteiger partial charge in [0.1, 0.15) is 17.2 Å². The molecule has 88 valence electrons. The molecule has 0 saturated carbocycles. The van der Waals surface area contributed by atoms with Crippen LogP contribution in [0.15, 0.2) is 6.20 Å². The molecule has 9 heteroatoms. The van der Waals surface area contributed by atoms with Gasteiger partial charge in [0.15, 0.2) is 6.20 Å². The Kier molecular flexibility index (Phi) is 3.65. The molecule has 1 rings (SSSR count). The van der Waals surface area contributed by atoms with E-state index in [1.807, 2.05) is 0 Å². The number of pyridine rings is 1. The van der Waals surface area contributed by atoms with Crippen molar-refractivity contribution in [3.8, 4) is 6.07 Å². The minimum absolute atomic E-state index is 0.536. The maximum atomic E-state index is 12.7. The van der Waals surface area contributed by atoms with Gasteiger partial charge in [0, 0.05) is 0 Å². The lowest BCUT2D eigenvalue weighted by Gasteiger charge is -2.05. The summed E-state index contributed by atoms with van der Waals surface area (Å²) in [6, 6.07) is 1.41. The van der Waals surface area contributed by atoms with Crippen molar-refractivity contribution in [2.24, 2.45) is 0 Å². The minimum atomic E-state index is -3.34. The molecule has 0 amide bonds. The average Bonchev–Trinajstić information content (AvgIpc) is 2.26. The highest BCUT2D eigenvalue weighted by Crippen LogP contribution is 2.32. The van der Waals surface area contributed by atoms with E-state index in [1.165, 1.54) is 6.07 Å². The quantitative estimate of drug-likeness (QED) is 0.472. The van der Waals surface area contributed by atoms with Crippen molar-refractivity contribution in [2.75, 3.05) is 0 Å². The normalized spacial score (nSPS) is 10.1. The molecule has 0 radical (unpaired) electrons. The van der Waals surface area contributed by atoms with Crippen molar-refractivity contribution in [3.05, 3.63) is 33.0 Å². The number of carbonyl (C=O) groups is 1. The number of nitrogens with zero attached hydrogens (tertiary/aromatic N) is 3. The lowest BCUT2D eigenvalue weighted by Crippen LogP contribution is -2.08. The first-order valence-corrected chi connectivity index (χ1v) is 4.33. The van der Waals surface area contributed by atoms with Crippen molar-refractivity contribution in [3.63, 3.8) is 0 Å². The van der Waals surface area contributed by atoms with E-state index < -0.39 is 39.1 Å². The monoisotopic (exact) mass is 261 g/mol. The third-order valence-electron chi connectivity index (χ3n) is 1.80. The lowest BCUT2D eigenvalue weighted by molar-refractivity contribution is -0.391. The molecule has 6 nitrogen and oxygen atoms in total. The van der Waals surface area contributed by atoms with Crippen molar-refractivity contribution in [1.82, 2.24) is 4.98 Å². The summed E-state index contributed by atoms with van der Waals surface area (Å²) in [4.78, 5) is 23.4. The minimum Gasteiger partial charge on any atom is -0.358 e. The molecule has 0 aliphatic rings. The fourth-order valence-electron chi connectivity index (χ4n) is 1.17. The van der Waals surface area contributed by atoms with E-state index in [1.54, 1.807) is 0 Å². The summed E-state index contributed by atoms with van der Waals surface area (Å²) in [5.41, 5.74) is -2.66. The van der Waals surface area contributed by atoms with E-state index in [-0.39, 0.29) is 0 Å². The molecule has 1 aromatic rings. The SMILES string of the molecule is N#Cc1cnc([N+](=O)[O-])c(C(F)F)c1C(=O)Cl. The highest BCUT2D eigenvalue weighted by atomic mass is 35.5. The summed E-state index contributed by atoms with van der Waals surface area (Å²) in [5.74, 6) is -1.19. The van der Waals surface area contributed by atoms with Gasteiger partial charge in [-0.05, 0) is 21.5 Å².